The molecule has 2 heterocycles. The molecule has 0 fully saturated rings. The fourth-order valence-electron chi connectivity index (χ4n) is 3.32. The molecule has 0 radical (unpaired) electrons. The van der Waals surface area contributed by atoms with Crippen LogP contribution in [-0.2, 0) is 21.7 Å². The van der Waals surface area contributed by atoms with Crippen molar-refractivity contribution in [2.75, 3.05) is 0 Å². The number of hydrogen-bond acceptors (Lipinski definition) is 4. The molecule has 1 N–H and O–H groups in total. The highest BCUT2D eigenvalue weighted by atomic mass is 19.4. The minimum absolute atomic E-state index is 0.0922. The number of aromatic nitrogens is 1. The lowest BCUT2D eigenvalue weighted by molar-refractivity contribution is -0.260. The zero-order chi connectivity index (χ0) is 20.1. The van der Waals surface area contributed by atoms with E-state index in [1.54, 1.807) is 19.9 Å². The van der Waals surface area contributed by atoms with E-state index >= 15 is 0 Å². The Morgan fingerprint density at radius 2 is 1.81 bits per heavy atom. The molecule has 0 spiro atoms. The number of rotatable bonds is 3. The maximum atomic E-state index is 12.9. The minimum Gasteiger partial charge on any atom is -0.375 e. The second kappa shape index (κ2) is 6.30. The molecule has 1 aliphatic heterocycles. The summed E-state index contributed by atoms with van der Waals surface area (Å²) in [6.45, 7) is 4.21. The zero-order valence-electron chi connectivity index (χ0n) is 15.0. The fourth-order valence-corrected chi connectivity index (χ4v) is 3.32. The van der Waals surface area contributed by atoms with Gasteiger partial charge >= 0.3 is 6.18 Å². The summed E-state index contributed by atoms with van der Waals surface area (Å²) in [5.74, 6) is -1.12. The lowest BCUT2D eigenvalue weighted by Crippen LogP contribution is -2.40. The SMILES string of the molecule is CC1C(=O)N(Cc2ccc(C(C)(O)C(F)(F)F)nc2)C2=C1C=CC(=O)C2C. The van der Waals surface area contributed by atoms with Gasteiger partial charge in [0.1, 0.15) is 0 Å². The molecule has 0 saturated heterocycles. The maximum absolute atomic E-state index is 12.9. The van der Waals surface area contributed by atoms with Gasteiger partial charge in [0.05, 0.1) is 24.1 Å². The summed E-state index contributed by atoms with van der Waals surface area (Å²) >= 11 is 0. The Kier molecular flexibility index (Phi) is 4.50. The van der Waals surface area contributed by atoms with E-state index in [1.165, 1.54) is 23.2 Å². The summed E-state index contributed by atoms with van der Waals surface area (Å²) < 4.78 is 38.8. The van der Waals surface area contributed by atoms with Crippen LogP contribution in [0.2, 0.25) is 0 Å². The highest BCUT2D eigenvalue weighted by Crippen LogP contribution is 2.39. The summed E-state index contributed by atoms with van der Waals surface area (Å²) in [6.07, 6.45) is -0.530. The molecule has 3 rings (SSSR count). The van der Waals surface area contributed by atoms with Crippen molar-refractivity contribution >= 4 is 11.7 Å². The minimum atomic E-state index is -4.86. The van der Waals surface area contributed by atoms with Crippen LogP contribution < -0.4 is 0 Å². The van der Waals surface area contributed by atoms with Crippen LogP contribution in [0.1, 0.15) is 32.0 Å². The number of ketones is 1. The highest BCUT2D eigenvalue weighted by molar-refractivity contribution is 5.99. The number of amides is 1. The van der Waals surface area contributed by atoms with Crippen molar-refractivity contribution in [3.63, 3.8) is 0 Å². The second-order valence-corrected chi connectivity index (χ2v) is 7.07. The maximum Gasteiger partial charge on any atom is 0.422 e. The van der Waals surface area contributed by atoms with Crippen molar-refractivity contribution in [2.45, 2.75) is 39.1 Å². The Bertz CT molecular complexity index is 854. The molecule has 27 heavy (non-hydrogen) atoms. The number of pyridine rings is 1. The first kappa shape index (κ1) is 19.3. The Balaban J connectivity index is 1.87. The first-order valence-corrected chi connectivity index (χ1v) is 8.47. The Hall–Kier alpha value is -2.48. The van der Waals surface area contributed by atoms with E-state index in [1.807, 2.05) is 0 Å². The predicted octanol–water partition coefficient (Wildman–Crippen LogP) is 2.86. The normalized spacial score (nSPS) is 25.1. The number of allylic oxidation sites excluding steroid dienone is 3. The van der Waals surface area contributed by atoms with Gasteiger partial charge in [-0.05, 0) is 44.1 Å². The third-order valence-electron chi connectivity index (χ3n) is 5.17. The molecule has 1 amide bonds. The van der Waals surface area contributed by atoms with Gasteiger partial charge in [-0.1, -0.05) is 12.1 Å². The van der Waals surface area contributed by atoms with Crippen LogP contribution in [0, 0.1) is 11.8 Å². The Morgan fingerprint density at radius 3 is 2.37 bits per heavy atom. The van der Waals surface area contributed by atoms with Gasteiger partial charge in [-0.3, -0.25) is 14.6 Å². The molecule has 0 saturated carbocycles. The molecular weight excluding hydrogens is 361 g/mol. The van der Waals surface area contributed by atoms with Crippen LogP contribution in [0.3, 0.4) is 0 Å². The smallest absolute Gasteiger partial charge is 0.375 e. The Labute approximate surface area is 154 Å². The van der Waals surface area contributed by atoms with Crippen LogP contribution in [0.15, 0.2) is 41.8 Å². The van der Waals surface area contributed by atoms with E-state index in [-0.39, 0.29) is 24.2 Å². The number of carbonyl (C=O) groups is 2. The van der Waals surface area contributed by atoms with Crippen LogP contribution in [0.4, 0.5) is 13.2 Å². The second-order valence-electron chi connectivity index (χ2n) is 7.07. The van der Waals surface area contributed by atoms with Crippen molar-refractivity contribution in [3.8, 4) is 0 Å². The molecule has 144 valence electrons. The van der Waals surface area contributed by atoms with Gasteiger partial charge in [0.15, 0.2) is 11.4 Å². The molecule has 1 aliphatic carbocycles. The molecular formula is C19H19F3N2O3. The zero-order valence-corrected chi connectivity index (χ0v) is 15.0. The van der Waals surface area contributed by atoms with Gasteiger partial charge in [0.25, 0.3) is 0 Å². The lowest BCUT2D eigenvalue weighted by Gasteiger charge is -2.27. The van der Waals surface area contributed by atoms with E-state index in [4.69, 9.17) is 0 Å². The quantitative estimate of drug-likeness (QED) is 0.876. The van der Waals surface area contributed by atoms with E-state index in [0.717, 1.165) is 11.6 Å². The monoisotopic (exact) mass is 380 g/mol. The largest absolute Gasteiger partial charge is 0.422 e. The van der Waals surface area contributed by atoms with Crippen molar-refractivity contribution in [1.29, 1.82) is 0 Å². The topological polar surface area (TPSA) is 70.5 Å². The van der Waals surface area contributed by atoms with E-state index < -0.39 is 23.4 Å². The number of nitrogens with zero attached hydrogens (tertiary/aromatic N) is 2. The van der Waals surface area contributed by atoms with Crippen molar-refractivity contribution in [2.24, 2.45) is 11.8 Å². The van der Waals surface area contributed by atoms with Crippen LogP contribution >= 0.6 is 0 Å². The fraction of sp³-hybridized carbons (Fsp3) is 0.421. The number of halogens is 3. The molecule has 3 atom stereocenters. The molecule has 1 aromatic heterocycles. The van der Waals surface area contributed by atoms with Gasteiger partial charge in [0.2, 0.25) is 5.91 Å². The number of alkyl halides is 3. The molecule has 3 unspecified atom stereocenters. The number of aliphatic hydroxyl groups is 1. The lowest BCUT2D eigenvalue weighted by atomic mass is 9.89. The van der Waals surface area contributed by atoms with E-state index in [9.17, 15) is 27.9 Å². The standard InChI is InChI=1S/C19H19F3N2O3/c1-10-13-5-6-14(25)11(2)16(13)24(17(10)26)9-12-4-7-15(23-8-12)18(3,27)19(20,21)22/h4-8,10-11,27H,9H2,1-3H3. The van der Waals surface area contributed by atoms with E-state index in [2.05, 4.69) is 4.98 Å². The molecule has 0 bridgehead atoms. The Morgan fingerprint density at radius 1 is 1.15 bits per heavy atom. The van der Waals surface area contributed by atoms with Crippen molar-refractivity contribution in [3.05, 3.63) is 53.0 Å². The summed E-state index contributed by atoms with van der Waals surface area (Å²) in [5.41, 5.74) is -1.67. The third-order valence-corrected chi connectivity index (χ3v) is 5.17. The average molecular weight is 380 g/mol. The first-order chi connectivity index (χ1) is 12.4. The third kappa shape index (κ3) is 3.07. The van der Waals surface area contributed by atoms with Crippen LogP contribution in [-0.4, -0.2) is 32.9 Å². The number of hydrogen-bond donors (Lipinski definition) is 1. The molecule has 2 aliphatic rings. The van der Waals surface area contributed by atoms with Crippen LogP contribution in [0.5, 0.6) is 0 Å². The van der Waals surface area contributed by atoms with Gasteiger partial charge < -0.3 is 10.0 Å². The van der Waals surface area contributed by atoms with Gasteiger partial charge in [-0.15, -0.1) is 0 Å². The van der Waals surface area contributed by atoms with Gasteiger partial charge in [-0.2, -0.15) is 13.2 Å². The van der Waals surface area contributed by atoms with E-state index in [0.29, 0.717) is 18.2 Å². The summed E-state index contributed by atoms with van der Waals surface area (Å²) in [4.78, 5) is 29.8. The first-order valence-electron chi connectivity index (χ1n) is 8.47. The van der Waals surface area contributed by atoms with Gasteiger partial charge in [-0.25, -0.2) is 0 Å². The predicted molar refractivity (Wildman–Crippen MR) is 89.9 cm³/mol. The molecule has 1 aromatic rings. The molecule has 5 nitrogen and oxygen atoms in total. The molecule has 8 heteroatoms. The molecule has 0 aromatic carbocycles. The summed E-state index contributed by atoms with van der Waals surface area (Å²) in [7, 11) is 0. The van der Waals surface area contributed by atoms with Gasteiger partial charge in [0, 0.05) is 11.9 Å². The van der Waals surface area contributed by atoms with Crippen molar-refractivity contribution < 1.29 is 27.9 Å². The summed E-state index contributed by atoms with van der Waals surface area (Å²) in [6, 6.07) is 2.49. The average Bonchev–Trinajstić information content (AvgIpc) is 2.83. The van der Waals surface area contributed by atoms with Crippen molar-refractivity contribution in [1.82, 2.24) is 9.88 Å². The number of carbonyl (C=O) groups excluding carboxylic acids is 2. The highest BCUT2D eigenvalue weighted by Gasteiger charge is 2.52. The van der Waals surface area contributed by atoms with Crippen LogP contribution in [0.25, 0.3) is 0 Å². The summed E-state index contributed by atoms with van der Waals surface area (Å²) in [5, 5.41) is 9.69.